The van der Waals surface area contributed by atoms with E-state index < -0.39 is 0 Å². The first-order valence-electron chi connectivity index (χ1n) is 6.74. The fraction of sp³-hybridized carbons (Fsp3) is 0.308. The van der Waals surface area contributed by atoms with Gasteiger partial charge in [-0.1, -0.05) is 69.5 Å². The van der Waals surface area contributed by atoms with Crippen molar-refractivity contribution in [3.63, 3.8) is 0 Å². The SMILES string of the molecule is COCCNc1nnc(SCC(=O)Nc2c(Cl)c(Cl)cc(Cl)c2Cl)s1. The summed E-state index contributed by atoms with van der Waals surface area (Å²) in [5, 5.41) is 15.0. The number of carbonyl (C=O) groups excluding carboxylic acids is 1. The number of ether oxygens (including phenoxy) is 1. The second kappa shape index (κ2) is 10.0. The first kappa shape index (κ1) is 20.8. The molecular weight excluding hydrogens is 450 g/mol. The van der Waals surface area contributed by atoms with Crippen LogP contribution in [0.1, 0.15) is 0 Å². The van der Waals surface area contributed by atoms with Crippen molar-refractivity contribution in [1.29, 1.82) is 0 Å². The molecule has 0 aliphatic carbocycles. The highest BCUT2D eigenvalue weighted by atomic mass is 35.5. The number of methoxy groups -OCH3 is 1. The van der Waals surface area contributed by atoms with Gasteiger partial charge in [-0.15, -0.1) is 10.2 Å². The number of nitrogens with one attached hydrogen (secondary N) is 2. The van der Waals surface area contributed by atoms with E-state index in [1.165, 1.54) is 29.2 Å². The third-order valence-electron chi connectivity index (χ3n) is 2.69. The standard InChI is InChI=1S/C13H12Cl4N4O2S2/c1-23-3-2-18-12-20-21-13(25-12)24-5-8(22)19-11-9(16)6(14)4-7(15)10(11)17/h4H,2-3,5H2,1H3,(H,18,20)(H,19,22). The summed E-state index contributed by atoms with van der Waals surface area (Å²) in [6.45, 7) is 1.19. The molecule has 0 spiro atoms. The highest BCUT2D eigenvalue weighted by molar-refractivity contribution is 8.01. The average molecular weight is 462 g/mol. The van der Waals surface area contributed by atoms with Crippen LogP contribution in [0.4, 0.5) is 10.8 Å². The Morgan fingerprint density at radius 3 is 2.56 bits per heavy atom. The summed E-state index contributed by atoms with van der Waals surface area (Å²) in [6, 6.07) is 1.41. The summed E-state index contributed by atoms with van der Waals surface area (Å²) in [5.41, 5.74) is 0.186. The number of thioether (sulfide) groups is 1. The summed E-state index contributed by atoms with van der Waals surface area (Å²) in [5.74, 6) is -0.222. The summed E-state index contributed by atoms with van der Waals surface area (Å²) in [4.78, 5) is 12.1. The van der Waals surface area contributed by atoms with Gasteiger partial charge in [0.15, 0.2) is 4.34 Å². The van der Waals surface area contributed by atoms with Crippen LogP contribution < -0.4 is 10.6 Å². The number of nitrogens with zero attached hydrogens (tertiary/aromatic N) is 2. The number of hydrogen-bond acceptors (Lipinski definition) is 7. The van der Waals surface area contributed by atoms with Crippen molar-refractivity contribution < 1.29 is 9.53 Å². The summed E-state index contributed by atoms with van der Waals surface area (Å²) in [7, 11) is 1.62. The van der Waals surface area contributed by atoms with Crippen LogP contribution in [0.5, 0.6) is 0 Å². The number of rotatable bonds is 8. The van der Waals surface area contributed by atoms with E-state index in [1.807, 2.05) is 0 Å². The molecule has 0 bridgehead atoms. The van der Waals surface area contributed by atoms with Gasteiger partial charge in [-0.05, 0) is 6.07 Å². The molecule has 2 rings (SSSR count). The molecule has 0 unspecified atom stereocenters. The molecule has 0 fully saturated rings. The maximum atomic E-state index is 12.1. The lowest BCUT2D eigenvalue weighted by Gasteiger charge is -2.11. The molecule has 2 N–H and O–H groups in total. The third-order valence-corrected chi connectivity index (χ3v) is 6.28. The van der Waals surface area contributed by atoms with Crippen LogP contribution in [-0.2, 0) is 9.53 Å². The number of hydrogen-bond donors (Lipinski definition) is 2. The van der Waals surface area contributed by atoms with Crippen LogP contribution in [0.15, 0.2) is 10.4 Å². The molecule has 12 heteroatoms. The molecule has 0 aliphatic rings. The first-order valence-corrected chi connectivity index (χ1v) is 10.1. The van der Waals surface area contributed by atoms with Gasteiger partial charge in [0, 0.05) is 13.7 Å². The molecule has 0 aliphatic heterocycles. The lowest BCUT2D eigenvalue weighted by atomic mass is 10.3. The van der Waals surface area contributed by atoms with Gasteiger partial charge in [0.25, 0.3) is 0 Å². The van der Waals surface area contributed by atoms with Gasteiger partial charge >= 0.3 is 0 Å². The highest BCUT2D eigenvalue weighted by Crippen LogP contribution is 2.41. The molecule has 25 heavy (non-hydrogen) atoms. The number of anilines is 2. The van der Waals surface area contributed by atoms with Gasteiger partial charge in [-0.3, -0.25) is 4.79 Å². The zero-order valence-corrected chi connectivity index (χ0v) is 17.4. The first-order chi connectivity index (χ1) is 11.9. The molecule has 1 heterocycles. The Kier molecular flexibility index (Phi) is 8.34. The highest BCUT2D eigenvalue weighted by Gasteiger charge is 2.17. The Balaban J connectivity index is 1.91. The van der Waals surface area contributed by atoms with Crippen LogP contribution >= 0.6 is 69.5 Å². The van der Waals surface area contributed by atoms with Crippen LogP contribution in [0, 0.1) is 0 Å². The molecule has 1 aromatic carbocycles. The normalized spacial score (nSPS) is 10.8. The molecule has 2 aromatic rings. The van der Waals surface area contributed by atoms with Crippen molar-refractivity contribution in [3.05, 3.63) is 26.2 Å². The van der Waals surface area contributed by atoms with Crippen LogP contribution in [0.25, 0.3) is 0 Å². The minimum atomic E-state index is -0.323. The lowest BCUT2D eigenvalue weighted by Crippen LogP contribution is -2.14. The Morgan fingerprint density at radius 1 is 1.24 bits per heavy atom. The monoisotopic (exact) mass is 460 g/mol. The summed E-state index contributed by atoms with van der Waals surface area (Å²) < 4.78 is 5.59. The van der Waals surface area contributed by atoms with Crippen LogP contribution in [-0.4, -0.2) is 42.1 Å². The van der Waals surface area contributed by atoms with E-state index in [0.717, 1.165) is 0 Å². The van der Waals surface area contributed by atoms with Crippen molar-refractivity contribution in [2.75, 3.05) is 36.6 Å². The van der Waals surface area contributed by atoms with E-state index in [0.29, 0.717) is 22.6 Å². The quantitative estimate of drug-likeness (QED) is 0.329. The lowest BCUT2D eigenvalue weighted by molar-refractivity contribution is -0.113. The zero-order valence-electron chi connectivity index (χ0n) is 12.7. The minimum Gasteiger partial charge on any atom is -0.383 e. The predicted molar refractivity (Wildman–Crippen MR) is 106 cm³/mol. The molecule has 1 amide bonds. The second-order valence-corrected chi connectivity index (χ2v) is 8.24. The maximum Gasteiger partial charge on any atom is 0.234 e. The van der Waals surface area contributed by atoms with Crippen LogP contribution in [0.3, 0.4) is 0 Å². The van der Waals surface area contributed by atoms with E-state index in [2.05, 4.69) is 20.8 Å². The topological polar surface area (TPSA) is 76.1 Å². The Bertz CT molecular complexity index is 734. The van der Waals surface area contributed by atoms with Gasteiger partial charge in [0.05, 0.1) is 38.1 Å². The number of aromatic nitrogens is 2. The third kappa shape index (κ3) is 6.02. The van der Waals surface area contributed by atoms with E-state index in [-0.39, 0.29) is 37.4 Å². The van der Waals surface area contributed by atoms with E-state index >= 15 is 0 Å². The van der Waals surface area contributed by atoms with E-state index in [9.17, 15) is 4.79 Å². The van der Waals surface area contributed by atoms with Gasteiger partial charge < -0.3 is 15.4 Å². The van der Waals surface area contributed by atoms with Gasteiger partial charge in [0.1, 0.15) is 0 Å². The predicted octanol–water partition coefficient (Wildman–Crippen LogP) is 4.94. The van der Waals surface area contributed by atoms with Crippen molar-refractivity contribution in [3.8, 4) is 0 Å². The number of amides is 1. The van der Waals surface area contributed by atoms with Gasteiger partial charge in [0.2, 0.25) is 11.0 Å². The zero-order chi connectivity index (χ0) is 18.4. The van der Waals surface area contributed by atoms with Crippen molar-refractivity contribution in [1.82, 2.24) is 10.2 Å². The van der Waals surface area contributed by atoms with Crippen molar-refractivity contribution in [2.24, 2.45) is 0 Å². The minimum absolute atomic E-state index is 0.101. The smallest absolute Gasteiger partial charge is 0.234 e. The molecule has 6 nitrogen and oxygen atoms in total. The fourth-order valence-corrected chi connectivity index (χ4v) is 4.07. The van der Waals surface area contributed by atoms with Crippen molar-refractivity contribution in [2.45, 2.75) is 4.34 Å². The Morgan fingerprint density at radius 2 is 1.92 bits per heavy atom. The number of halogens is 4. The molecule has 1 aromatic heterocycles. The van der Waals surface area contributed by atoms with Crippen LogP contribution in [0.2, 0.25) is 20.1 Å². The molecule has 0 radical (unpaired) electrons. The maximum absolute atomic E-state index is 12.1. The summed E-state index contributed by atoms with van der Waals surface area (Å²) >= 11 is 26.6. The van der Waals surface area contributed by atoms with E-state index in [1.54, 1.807) is 7.11 Å². The Labute approximate surface area is 172 Å². The fourth-order valence-electron chi connectivity index (χ4n) is 1.59. The Hall–Kier alpha value is -0.480. The molecule has 136 valence electrons. The molecule has 0 saturated heterocycles. The average Bonchev–Trinajstić information content (AvgIpc) is 3.03. The second-order valence-electron chi connectivity index (χ2n) is 4.47. The summed E-state index contributed by atoms with van der Waals surface area (Å²) in [6.07, 6.45) is 0. The van der Waals surface area contributed by atoms with E-state index in [4.69, 9.17) is 51.1 Å². The molecular formula is C13H12Cl4N4O2S2. The number of benzene rings is 1. The number of carbonyl (C=O) groups is 1. The van der Waals surface area contributed by atoms with Gasteiger partial charge in [-0.2, -0.15) is 0 Å². The molecule has 0 atom stereocenters. The van der Waals surface area contributed by atoms with Gasteiger partial charge in [-0.25, -0.2) is 0 Å². The molecule has 0 saturated carbocycles. The van der Waals surface area contributed by atoms with Crippen molar-refractivity contribution >= 4 is 86.2 Å². The largest absolute Gasteiger partial charge is 0.383 e.